The summed E-state index contributed by atoms with van der Waals surface area (Å²) in [6.45, 7) is -4.47. The van der Waals surface area contributed by atoms with Crippen LogP contribution in [-0.2, 0) is 6.54 Å². The summed E-state index contributed by atoms with van der Waals surface area (Å²) in [5.41, 5.74) is 0.176. The largest absolute Gasteiger partial charge is 0.461 e. The molecule has 3 aromatic carbocycles. The lowest BCUT2D eigenvalue weighted by Crippen LogP contribution is -2.40. The van der Waals surface area contributed by atoms with E-state index in [4.69, 9.17) is 4.74 Å². The summed E-state index contributed by atoms with van der Waals surface area (Å²) >= 11 is 0. The molecule has 0 bridgehead atoms. The fourth-order valence-corrected chi connectivity index (χ4v) is 3.30. The van der Waals surface area contributed by atoms with Gasteiger partial charge < -0.3 is 24.2 Å². The van der Waals surface area contributed by atoms with Crippen molar-refractivity contribution in [3.63, 3.8) is 0 Å². The van der Waals surface area contributed by atoms with Gasteiger partial charge in [0.2, 0.25) is 0 Å². The first-order valence-electron chi connectivity index (χ1n) is 11.0. The van der Waals surface area contributed by atoms with E-state index in [2.05, 4.69) is 9.47 Å². The van der Waals surface area contributed by atoms with E-state index in [-0.39, 0.29) is 28.5 Å². The normalized spacial score (nSPS) is 12.9. The third-order valence-electron chi connectivity index (χ3n) is 5.00. The highest BCUT2D eigenvalue weighted by atomic mass is 19.4. The molecule has 1 N–H and O–H groups in total. The van der Waals surface area contributed by atoms with Crippen LogP contribution in [0.4, 0.5) is 45.2 Å². The molecular weight excluding hydrogens is 549 g/mol. The Hall–Kier alpha value is -3.81. The Morgan fingerprint density at radius 2 is 1.33 bits per heavy atom. The van der Waals surface area contributed by atoms with E-state index in [0.717, 1.165) is 23.1 Å². The maximum atomic E-state index is 13.3. The molecule has 14 heteroatoms. The third kappa shape index (κ3) is 8.87. The van der Waals surface area contributed by atoms with Crippen LogP contribution in [0.15, 0.2) is 72.8 Å². The summed E-state index contributed by atoms with van der Waals surface area (Å²) in [6, 6.07) is 15.1. The molecule has 0 spiro atoms. The molecule has 0 aromatic heterocycles. The molecule has 0 aliphatic rings. The number of alkyl halides is 9. The number of benzene rings is 3. The average molecular weight is 569 g/mol. The third-order valence-corrected chi connectivity index (χ3v) is 5.00. The van der Waals surface area contributed by atoms with E-state index in [0.29, 0.717) is 0 Å². The van der Waals surface area contributed by atoms with Crippen molar-refractivity contribution in [2.45, 2.75) is 38.0 Å². The van der Waals surface area contributed by atoms with E-state index in [1.165, 1.54) is 54.6 Å². The van der Waals surface area contributed by atoms with Crippen molar-refractivity contribution in [2.75, 3.05) is 11.4 Å². The lowest BCUT2D eigenvalue weighted by molar-refractivity contribution is -0.253. The minimum atomic E-state index is -5.00. The Labute approximate surface area is 215 Å². The Bertz CT molecular complexity index is 1220. The lowest BCUT2D eigenvalue weighted by atomic mass is 10.1. The SMILES string of the molecule is O[C@H](CN(Cc1cccc(OC(F)(F)C(F)F)c1)c1cccc(Oc2cccc(OC(F)F)c2)c1)C(F)(F)F. The zero-order valence-electron chi connectivity index (χ0n) is 19.6. The Morgan fingerprint density at radius 1 is 0.744 bits per heavy atom. The fourth-order valence-electron chi connectivity index (χ4n) is 3.30. The van der Waals surface area contributed by atoms with Gasteiger partial charge in [0.1, 0.15) is 23.0 Å². The maximum absolute atomic E-state index is 13.3. The lowest BCUT2D eigenvalue weighted by Gasteiger charge is -2.29. The number of ether oxygens (including phenoxy) is 3. The molecule has 1 atom stereocenters. The van der Waals surface area contributed by atoms with Crippen molar-refractivity contribution in [3.8, 4) is 23.0 Å². The highest BCUT2D eigenvalue weighted by Gasteiger charge is 2.44. The van der Waals surface area contributed by atoms with Gasteiger partial charge in [-0.15, -0.1) is 0 Å². The standard InChI is InChI=1S/C25H20F9NO4/c26-22(27)25(33,34)39-20-9-1-4-15(10-20)13-35(14-21(36)24(30,31)32)16-5-2-6-17(11-16)37-18-7-3-8-19(12-18)38-23(28)29/h1-12,21-23,36H,13-14H2/t21-/m1/s1. The molecule has 0 amide bonds. The molecule has 39 heavy (non-hydrogen) atoms. The van der Waals surface area contributed by atoms with E-state index >= 15 is 0 Å². The summed E-state index contributed by atoms with van der Waals surface area (Å²) < 4.78 is 130. The number of anilines is 1. The highest BCUT2D eigenvalue weighted by Crippen LogP contribution is 2.32. The number of hydrogen-bond acceptors (Lipinski definition) is 5. The smallest absolute Gasteiger partial charge is 0.457 e. The molecule has 0 fully saturated rings. The molecule has 212 valence electrons. The van der Waals surface area contributed by atoms with Crippen molar-refractivity contribution in [1.29, 1.82) is 0 Å². The van der Waals surface area contributed by atoms with Crippen LogP contribution >= 0.6 is 0 Å². The van der Waals surface area contributed by atoms with Crippen LogP contribution in [-0.4, -0.2) is 43.1 Å². The van der Waals surface area contributed by atoms with Crippen molar-refractivity contribution in [1.82, 2.24) is 0 Å². The second kappa shape index (κ2) is 12.4. The first-order valence-corrected chi connectivity index (χ1v) is 11.0. The number of halogens is 9. The van der Waals surface area contributed by atoms with Crippen LogP contribution in [0.2, 0.25) is 0 Å². The Balaban J connectivity index is 1.87. The molecule has 5 nitrogen and oxygen atoms in total. The quantitative estimate of drug-likeness (QED) is 0.233. The van der Waals surface area contributed by atoms with E-state index < -0.39 is 50.3 Å². The molecule has 0 aliphatic carbocycles. The van der Waals surface area contributed by atoms with Crippen molar-refractivity contribution < 1.29 is 58.8 Å². The van der Waals surface area contributed by atoms with Crippen LogP contribution in [0.1, 0.15) is 5.56 Å². The zero-order valence-corrected chi connectivity index (χ0v) is 19.6. The fraction of sp³-hybridized carbons (Fsp3) is 0.280. The summed E-state index contributed by atoms with van der Waals surface area (Å²) in [5, 5.41) is 9.69. The van der Waals surface area contributed by atoms with Gasteiger partial charge >= 0.3 is 25.3 Å². The van der Waals surface area contributed by atoms with Crippen LogP contribution in [0.3, 0.4) is 0 Å². The summed E-state index contributed by atoms with van der Waals surface area (Å²) in [4.78, 5) is 1.05. The van der Waals surface area contributed by atoms with Gasteiger partial charge in [-0.25, -0.2) is 0 Å². The van der Waals surface area contributed by atoms with Gasteiger partial charge in [-0.05, 0) is 42.0 Å². The molecule has 0 saturated heterocycles. The Morgan fingerprint density at radius 3 is 1.97 bits per heavy atom. The number of hydrogen-bond donors (Lipinski definition) is 1. The zero-order chi connectivity index (χ0) is 28.8. The molecule has 0 heterocycles. The van der Waals surface area contributed by atoms with Gasteiger partial charge in [0.25, 0.3) is 0 Å². The van der Waals surface area contributed by atoms with Crippen LogP contribution in [0.5, 0.6) is 23.0 Å². The van der Waals surface area contributed by atoms with E-state index in [1.54, 1.807) is 0 Å². The Kier molecular flexibility index (Phi) is 9.43. The predicted octanol–water partition coefficient (Wildman–Crippen LogP) is 7.25. The van der Waals surface area contributed by atoms with Crippen LogP contribution in [0.25, 0.3) is 0 Å². The topological polar surface area (TPSA) is 51.2 Å². The van der Waals surface area contributed by atoms with E-state index in [9.17, 15) is 44.6 Å². The molecule has 0 saturated carbocycles. The number of aliphatic hydroxyl groups is 1. The van der Waals surface area contributed by atoms with Crippen molar-refractivity contribution in [3.05, 3.63) is 78.4 Å². The maximum Gasteiger partial charge on any atom is 0.461 e. The van der Waals surface area contributed by atoms with Gasteiger partial charge in [0, 0.05) is 24.4 Å². The molecule has 0 aliphatic heterocycles. The van der Waals surface area contributed by atoms with Gasteiger partial charge in [-0.2, -0.15) is 39.5 Å². The van der Waals surface area contributed by atoms with Crippen LogP contribution in [0, 0.1) is 0 Å². The first kappa shape index (κ1) is 29.7. The second-order valence-corrected chi connectivity index (χ2v) is 8.00. The predicted molar refractivity (Wildman–Crippen MR) is 121 cm³/mol. The van der Waals surface area contributed by atoms with Crippen LogP contribution < -0.4 is 19.1 Å². The van der Waals surface area contributed by atoms with E-state index in [1.807, 2.05) is 0 Å². The monoisotopic (exact) mass is 569 g/mol. The molecule has 3 rings (SSSR count). The molecular formula is C25H20F9NO4. The number of nitrogens with zero attached hydrogens (tertiary/aromatic N) is 1. The van der Waals surface area contributed by atoms with Gasteiger partial charge in [0.05, 0.1) is 6.54 Å². The summed E-state index contributed by atoms with van der Waals surface area (Å²) in [6.07, 6.45) is -16.7. The minimum absolute atomic E-state index is 0.0667. The number of rotatable bonds is 12. The van der Waals surface area contributed by atoms with Gasteiger partial charge in [0.15, 0.2) is 6.10 Å². The van der Waals surface area contributed by atoms with Gasteiger partial charge in [-0.1, -0.05) is 24.3 Å². The van der Waals surface area contributed by atoms with Crippen molar-refractivity contribution >= 4 is 5.69 Å². The summed E-state index contributed by atoms with van der Waals surface area (Å²) in [5.74, 6) is -0.718. The minimum Gasteiger partial charge on any atom is -0.457 e. The first-order chi connectivity index (χ1) is 18.2. The molecule has 0 unspecified atom stereocenters. The average Bonchev–Trinajstić information content (AvgIpc) is 2.83. The van der Waals surface area contributed by atoms with Crippen molar-refractivity contribution in [2.24, 2.45) is 0 Å². The molecule has 3 aromatic rings. The highest BCUT2D eigenvalue weighted by molar-refractivity contribution is 5.52. The number of aliphatic hydroxyl groups excluding tert-OH is 1. The summed E-state index contributed by atoms with van der Waals surface area (Å²) in [7, 11) is 0. The second-order valence-electron chi connectivity index (χ2n) is 8.00. The van der Waals surface area contributed by atoms with Gasteiger partial charge in [-0.3, -0.25) is 0 Å². The molecule has 0 radical (unpaired) electrons.